The average Bonchev–Trinajstić information content (AvgIpc) is 2.78. The van der Waals surface area contributed by atoms with E-state index in [1.807, 2.05) is 49.8 Å². The molecular weight excluding hydrogens is 252 g/mol. The third kappa shape index (κ3) is 2.30. The highest BCUT2D eigenvalue weighted by atomic mass is 16.5. The molecule has 3 rings (SSSR count). The van der Waals surface area contributed by atoms with Gasteiger partial charge in [0.15, 0.2) is 11.9 Å². The molecule has 0 aliphatic heterocycles. The summed E-state index contributed by atoms with van der Waals surface area (Å²) in [5, 5.41) is 4.33. The number of aryl methyl sites for hydroxylation is 1. The summed E-state index contributed by atoms with van der Waals surface area (Å²) in [6.07, 6.45) is 4.69. The van der Waals surface area contributed by atoms with E-state index in [0.717, 1.165) is 11.9 Å². The number of pyridine rings is 2. The summed E-state index contributed by atoms with van der Waals surface area (Å²) in [4.78, 5) is 0. The summed E-state index contributed by atoms with van der Waals surface area (Å²) in [7, 11) is 2.02. The average molecular weight is 269 g/mol. The van der Waals surface area contributed by atoms with Crippen molar-refractivity contribution in [2.45, 2.75) is 6.42 Å². The van der Waals surface area contributed by atoms with E-state index < -0.39 is 0 Å². The molecule has 2 N–H and O–H groups in total. The fourth-order valence-corrected chi connectivity index (χ4v) is 2.17. The van der Waals surface area contributed by atoms with Crippen LogP contribution in [0.1, 0.15) is 5.69 Å². The molecule has 0 aromatic carbocycles. The number of nitrogens with zero attached hydrogens (tertiary/aromatic N) is 3. The fraction of sp³-hybridized carbons (Fsp3) is 0.200. The van der Waals surface area contributed by atoms with Crippen molar-refractivity contribution in [1.29, 1.82) is 0 Å². The van der Waals surface area contributed by atoms with Crippen LogP contribution < -0.4 is 15.0 Å². The van der Waals surface area contributed by atoms with Gasteiger partial charge >= 0.3 is 0 Å². The second-order valence-corrected chi connectivity index (χ2v) is 4.65. The molecule has 0 aliphatic rings. The lowest BCUT2D eigenvalue weighted by molar-refractivity contribution is -0.679. The van der Waals surface area contributed by atoms with E-state index in [9.17, 15) is 0 Å². The second-order valence-electron chi connectivity index (χ2n) is 4.65. The molecule has 0 fully saturated rings. The summed E-state index contributed by atoms with van der Waals surface area (Å²) in [5.41, 5.74) is 8.69. The van der Waals surface area contributed by atoms with Gasteiger partial charge in [0.1, 0.15) is 12.7 Å². The molecule has 5 nitrogen and oxygen atoms in total. The van der Waals surface area contributed by atoms with Crippen LogP contribution in [-0.2, 0) is 13.5 Å². The van der Waals surface area contributed by atoms with Crippen molar-refractivity contribution >= 4 is 11.2 Å². The molecule has 0 unspecified atom stereocenters. The number of hydrogen-bond donors (Lipinski definition) is 1. The van der Waals surface area contributed by atoms with E-state index in [4.69, 9.17) is 10.5 Å². The molecule has 0 spiro atoms. The predicted octanol–water partition coefficient (Wildman–Crippen LogP) is 1.36. The summed E-state index contributed by atoms with van der Waals surface area (Å²) >= 11 is 0. The van der Waals surface area contributed by atoms with Crippen LogP contribution in [0.2, 0.25) is 0 Å². The van der Waals surface area contributed by atoms with Gasteiger partial charge in [-0.2, -0.15) is 0 Å². The SMILES string of the molecule is C[n+]1ccccc1CCOc1nn2ccccc2c1N. The summed E-state index contributed by atoms with van der Waals surface area (Å²) in [6.45, 7) is 0.548. The number of rotatable bonds is 4. The molecule has 3 heterocycles. The minimum atomic E-state index is 0.495. The van der Waals surface area contributed by atoms with Crippen LogP contribution in [0.25, 0.3) is 5.52 Å². The van der Waals surface area contributed by atoms with Crippen molar-refractivity contribution < 1.29 is 9.30 Å². The van der Waals surface area contributed by atoms with Crippen LogP contribution >= 0.6 is 0 Å². The number of fused-ring (bicyclic) bond motifs is 1. The lowest BCUT2D eigenvalue weighted by atomic mass is 10.3. The number of aromatic nitrogens is 3. The van der Waals surface area contributed by atoms with Crippen molar-refractivity contribution in [2.24, 2.45) is 7.05 Å². The first kappa shape index (κ1) is 12.5. The molecule has 0 saturated heterocycles. The van der Waals surface area contributed by atoms with E-state index in [1.165, 1.54) is 5.69 Å². The van der Waals surface area contributed by atoms with Crippen molar-refractivity contribution in [3.05, 3.63) is 54.5 Å². The van der Waals surface area contributed by atoms with Gasteiger partial charge in [-0.1, -0.05) is 12.1 Å². The standard InChI is InChI=1S/C15H17N4O/c1-18-9-4-2-6-12(18)8-11-20-15-14(16)13-7-3-5-10-19(13)17-15/h2-7,9-10H,8,11,16H2,1H3/q+1. The smallest absolute Gasteiger partial charge is 0.257 e. The van der Waals surface area contributed by atoms with Crippen molar-refractivity contribution in [3.8, 4) is 5.88 Å². The highest BCUT2D eigenvalue weighted by Gasteiger charge is 2.11. The number of nitrogens with two attached hydrogens (primary N) is 1. The minimum absolute atomic E-state index is 0.495. The van der Waals surface area contributed by atoms with Gasteiger partial charge in [-0.15, -0.1) is 5.10 Å². The zero-order chi connectivity index (χ0) is 13.9. The van der Waals surface area contributed by atoms with Crippen molar-refractivity contribution in [1.82, 2.24) is 9.61 Å². The molecule has 102 valence electrons. The number of ether oxygens (including phenoxy) is 1. The largest absolute Gasteiger partial charge is 0.475 e. The molecule has 3 aromatic rings. The quantitative estimate of drug-likeness (QED) is 0.728. The van der Waals surface area contributed by atoms with Crippen LogP contribution in [0.3, 0.4) is 0 Å². The van der Waals surface area contributed by atoms with Crippen LogP contribution in [0.4, 0.5) is 5.69 Å². The van der Waals surface area contributed by atoms with Crippen LogP contribution in [0, 0.1) is 0 Å². The van der Waals surface area contributed by atoms with Crippen LogP contribution in [-0.4, -0.2) is 16.2 Å². The third-order valence-corrected chi connectivity index (χ3v) is 3.30. The molecule has 0 radical (unpaired) electrons. The van der Waals surface area contributed by atoms with Gasteiger partial charge in [0.2, 0.25) is 0 Å². The van der Waals surface area contributed by atoms with Gasteiger partial charge in [-0.25, -0.2) is 9.08 Å². The van der Waals surface area contributed by atoms with E-state index in [2.05, 4.69) is 15.7 Å². The summed E-state index contributed by atoms with van der Waals surface area (Å²) in [6, 6.07) is 11.9. The summed E-state index contributed by atoms with van der Waals surface area (Å²) in [5.74, 6) is 0.495. The van der Waals surface area contributed by atoms with E-state index >= 15 is 0 Å². The zero-order valence-electron chi connectivity index (χ0n) is 11.4. The van der Waals surface area contributed by atoms with Gasteiger partial charge in [-0.05, 0) is 12.1 Å². The Morgan fingerprint density at radius 3 is 2.90 bits per heavy atom. The normalized spacial score (nSPS) is 10.8. The molecule has 20 heavy (non-hydrogen) atoms. The topological polar surface area (TPSA) is 56.4 Å². The molecule has 0 amide bonds. The number of anilines is 1. The third-order valence-electron chi connectivity index (χ3n) is 3.30. The number of hydrogen-bond acceptors (Lipinski definition) is 3. The van der Waals surface area contributed by atoms with Gasteiger partial charge < -0.3 is 10.5 Å². The molecule has 0 bridgehead atoms. The van der Waals surface area contributed by atoms with Crippen molar-refractivity contribution in [2.75, 3.05) is 12.3 Å². The Bertz CT molecular complexity index is 736. The van der Waals surface area contributed by atoms with E-state index in [1.54, 1.807) is 4.52 Å². The van der Waals surface area contributed by atoms with E-state index in [-0.39, 0.29) is 0 Å². The number of nitrogen functional groups attached to an aromatic ring is 1. The molecule has 3 aromatic heterocycles. The Labute approximate surface area is 117 Å². The fourth-order valence-electron chi connectivity index (χ4n) is 2.17. The Hall–Kier alpha value is -2.56. The lowest BCUT2D eigenvalue weighted by Gasteiger charge is -2.02. The highest BCUT2D eigenvalue weighted by Crippen LogP contribution is 2.24. The first-order valence-corrected chi connectivity index (χ1v) is 6.55. The molecule has 5 heteroatoms. The second kappa shape index (κ2) is 5.21. The molecule has 0 aliphatic carbocycles. The minimum Gasteiger partial charge on any atom is -0.475 e. The first-order valence-electron chi connectivity index (χ1n) is 6.55. The lowest BCUT2D eigenvalue weighted by Crippen LogP contribution is -2.33. The molecule has 0 atom stereocenters. The zero-order valence-corrected chi connectivity index (χ0v) is 11.4. The Morgan fingerprint density at radius 2 is 2.10 bits per heavy atom. The molecule has 0 saturated carbocycles. The Kier molecular flexibility index (Phi) is 3.25. The van der Waals surface area contributed by atoms with Crippen molar-refractivity contribution in [3.63, 3.8) is 0 Å². The predicted molar refractivity (Wildman–Crippen MR) is 76.4 cm³/mol. The maximum atomic E-state index is 6.03. The van der Waals surface area contributed by atoms with Gasteiger partial charge in [0, 0.05) is 18.3 Å². The van der Waals surface area contributed by atoms with Gasteiger partial charge in [0.05, 0.1) is 18.5 Å². The maximum absolute atomic E-state index is 6.03. The first-order chi connectivity index (χ1) is 9.75. The van der Waals surface area contributed by atoms with Crippen LogP contribution in [0.15, 0.2) is 48.8 Å². The highest BCUT2D eigenvalue weighted by molar-refractivity contribution is 5.74. The Morgan fingerprint density at radius 1 is 1.25 bits per heavy atom. The van der Waals surface area contributed by atoms with E-state index in [0.29, 0.717) is 18.2 Å². The summed E-state index contributed by atoms with van der Waals surface area (Å²) < 4.78 is 9.52. The van der Waals surface area contributed by atoms with Gasteiger partial charge in [-0.3, -0.25) is 0 Å². The van der Waals surface area contributed by atoms with Crippen LogP contribution in [0.5, 0.6) is 5.88 Å². The maximum Gasteiger partial charge on any atom is 0.257 e. The van der Waals surface area contributed by atoms with Gasteiger partial charge in [0.25, 0.3) is 5.88 Å². The Balaban J connectivity index is 1.71. The monoisotopic (exact) mass is 269 g/mol. The molecular formula is C15H17N4O+.